The molecular weight excluding hydrogens is 496 g/mol. The summed E-state index contributed by atoms with van der Waals surface area (Å²) < 4.78 is 2.75. The molecular formula is C26H19ClN6O4. The molecule has 37 heavy (non-hydrogen) atoms. The Morgan fingerprint density at radius 2 is 2.00 bits per heavy atom. The molecule has 5 aromatic rings. The van der Waals surface area contributed by atoms with E-state index in [1.54, 1.807) is 30.5 Å². The lowest BCUT2D eigenvalue weighted by molar-refractivity contribution is -0.141. The fourth-order valence-corrected chi connectivity index (χ4v) is 5.62. The lowest BCUT2D eigenvalue weighted by atomic mass is 9.80. The molecule has 0 amide bonds. The summed E-state index contributed by atoms with van der Waals surface area (Å²) in [4.78, 5) is 41.0. The van der Waals surface area contributed by atoms with E-state index in [1.807, 2.05) is 24.3 Å². The molecule has 0 saturated carbocycles. The van der Waals surface area contributed by atoms with Crippen LogP contribution in [0.5, 0.6) is 0 Å². The van der Waals surface area contributed by atoms with Crippen LogP contribution in [-0.4, -0.2) is 47.1 Å². The summed E-state index contributed by atoms with van der Waals surface area (Å²) in [6.45, 7) is 0. The van der Waals surface area contributed by atoms with Gasteiger partial charge in [0.2, 0.25) is 0 Å². The number of pyridine rings is 1. The Morgan fingerprint density at radius 1 is 1.14 bits per heavy atom. The standard InChI is InChI=1S/C26H19ClN6O4/c27-17-2-4-21(32-13-29-30-31-32)19(12-17)16-10-22-18(6-8-34)24(25(26(36)37)33(22)23(35)11-16)15-1-3-20-14(9-15)5-7-28-20/h1-5,7-13,18,24-25,28H,6H2,(H,36,37)/t18?,24?,25-/m0/s1. The number of hydrogen-bond acceptors (Lipinski definition) is 6. The number of benzene rings is 2. The van der Waals surface area contributed by atoms with Gasteiger partial charge in [-0.25, -0.2) is 4.79 Å². The van der Waals surface area contributed by atoms with Crippen molar-refractivity contribution in [3.8, 4) is 16.8 Å². The molecule has 2 aromatic carbocycles. The first kappa shape index (κ1) is 22.9. The van der Waals surface area contributed by atoms with Gasteiger partial charge in [0.15, 0.2) is 0 Å². The van der Waals surface area contributed by atoms with Crippen LogP contribution in [0.2, 0.25) is 5.02 Å². The lowest BCUT2D eigenvalue weighted by Crippen LogP contribution is -2.29. The largest absolute Gasteiger partial charge is 0.480 e. The second kappa shape index (κ2) is 8.82. The molecule has 3 atom stereocenters. The Hall–Kier alpha value is -4.57. The van der Waals surface area contributed by atoms with Gasteiger partial charge in [-0.1, -0.05) is 17.7 Å². The minimum Gasteiger partial charge on any atom is -0.480 e. The molecule has 0 fully saturated rings. The number of rotatable bonds is 6. The van der Waals surface area contributed by atoms with Crippen LogP contribution in [0.1, 0.15) is 35.6 Å². The number of nitrogens with one attached hydrogen (secondary N) is 1. The third-order valence-electron chi connectivity index (χ3n) is 6.96. The molecule has 1 aliphatic rings. The predicted octanol–water partition coefficient (Wildman–Crippen LogP) is 3.72. The lowest BCUT2D eigenvalue weighted by Gasteiger charge is -2.22. The van der Waals surface area contributed by atoms with Crippen molar-refractivity contribution in [1.29, 1.82) is 0 Å². The van der Waals surface area contributed by atoms with E-state index in [0.29, 0.717) is 27.5 Å². The molecule has 3 aromatic heterocycles. The summed E-state index contributed by atoms with van der Waals surface area (Å²) in [6.07, 6.45) is 4.05. The zero-order valence-corrected chi connectivity index (χ0v) is 19.9. The van der Waals surface area contributed by atoms with Gasteiger partial charge in [-0.05, 0) is 69.4 Å². The number of nitrogens with zero attached hydrogens (tertiary/aromatic N) is 5. The number of carboxylic acids is 1. The summed E-state index contributed by atoms with van der Waals surface area (Å²) in [5.41, 5.74) is 3.35. The minimum atomic E-state index is -1.17. The van der Waals surface area contributed by atoms with Gasteiger partial charge in [0.05, 0.1) is 5.69 Å². The van der Waals surface area contributed by atoms with Crippen LogP contribution in [0, 0.1) is 0 Å². The normalized spacial score (nSPS) is 18.7. The van der Waals surface area contributed by atoms with Crippen molar-refractivity contribution in [1.82, 2.24) is 29.8 Å². The maximum atomic E-state index is 13.5. The number of aliphatic carboxylic acids is 1. The molecule has 1 aliphatic heterocycles. The molecule has 0 spiro atoms. The third-order valence-corrected chi connectivity index (χ3v) is 7.20. The predicted molar refractivity (Wildman–Crippen MR) is 135 cm³/mol. The van der Waals surface area contributed by atoms with Crippen molar-refractivity contribution in [2.45, 2.75) is 24.3 Å². The second-order valence-electron chi connectivity index (χ2n) is 8.94. The van der Waals surface area contributed by atoms with E-state index in [0.717, 1.165) is 22.8 Å². The minimum absolute atomic E-state index is 0.0535. The summed E-state index contributed by atoms with van der Waals surface area (Å²) in [5, 5.41) is 23.0. The number of aromatic amines is 1. The number of H-pyrrole nitrogens is 1. The zero-order chi connectivity index (χ0) is 25.7. The van der Waals surface area contributed by atoms with Crippen LogP contribution in [0.4, 0.5) is 0 Å². The Labute approximate surface area is 214 Å². The maximum Gasteiger partial charge on any atom is 0.327 e. The van der Waals surface area contributed by atoms with Gasteiger partial charge < -0.3 is 14.9 Å². The highest BCUT2D eigenvalue weighted by Crippen LogP contribution is 2.49. The molecule has 0 aliphatic carbocycles. The van der Waals surface area contributed by atoms with Crippen LogP contribution in [0.15, 0.2) is 71.9 Å². The van der Waals surface area contributed by atoms with Crippen LogP contribution < -0.4 is 5.56 Å². The number of halogens is 1. The fraction of sp³-hybridized carbons (Fsp3) is 0.154. The Bertz CT molecular complexity index is 1730. The summed E-state index contributed by atoms with van der Waals surface area (Å²) in [7, 11) is 0. The third kappa shape index (κ3) is 3.73. The quantitative estimate of drug-likeness (QED) is 0.329. The highest BCUT2D eigenvalue weighted by atomic mass is 35.5. The van der Waals surface area contributed by atoms with Gasteiger partial charge in [0.25, 0.3) is 5.56 Å². The molecule has 0 bridgehead atoms. The molecule has 184 valence electrons. The Balaban J connectivity index is 1.57. The molecule has 2 N–H and O–H groups in total. The van der Waals surface area contributed by atoms with Crippen molar-refractivity contribution in [3.05, 3.63) is 93.8 Å². The molecule has 4 heterocycles. The number of aldehydes is 1. The number of carboxylic acid groups (broad SMARTS) is 1. The number of fused-ring (bicyclic) bond motifs is 2. The monoisotopic (exact) mass is 514 g/mol. The first-order valence-electron chi connectivity index (χ1n) is 11.5. The number of carbonyl (C=O) groups is 2. The SMILES string of the molecule is O=CCC1c2cc(-c3cc(Cl)ccc3-n3cnnn3)cc(=O)n2[C@H](C(=O)O)C1c1ccc2[nH]ccc2c1. The Kier molecular flexibility index (Phi) is 5.45. The number of carbonyl (C=O) groups excluding carboxylic acids is 1. The van der Waals surface area contributed by atoms with Crippen molar-refractivity contribution in [2.75, 3.05) is 0 Å². The van der Waals surface area contributed by atoms with E-state index >= 15 is 0 Å². The van der Waals surface area contributed by atoms with Crippen LogP contribution in [0.25, 0.3) is 27.7 Å². The van der Waals surface area contributed by atoms with Crippen molar-refractivity contribution < 1.29 is 14.7 Å². The van der Waals surface area contributed by atoms with Crippen molar-refractivity contribution >= 4 is 34.8 Å². The number of hydrogen-bond donors (Lipinski definition) is 2. The molecule has 0 saturated heterocycles. The van der Waals surface area contributed by atoms with Gasteiger partial charge in [0, 0.05) is 52.3 Å². The number of aromatic nitrogens is 6. The van der Waals surface area contributed by atoms with E-state index in [-0.39, 0.29) is 6.42 Å². The van der Waals surface area contributed by atoms with E-state index in [2.05, 4.69) is 20.5 Å². The zero-order valence-electron chi connectivity index (χ0n) is 19.2. The van der Waals surface area contributed by atoms with Crippen molar-refractivity contribution in [3.63, 3.8) is 0 Å². The second-order valence-corrected chi connectivity index (χ2v) is 9.37. The maximum absolute atomic E-state index is 13.5. The van der Waals surface area contributed by atoms with Crippen LogP contribution in [0.3, 0.4) is 0 Å². The number of tetrazole rings is 1. The smallest absolute Gasteiger partial charge is 0.327 e. The summed E-state index contributed by atoms with van der Waals surface area (Å²) in [6, 6.07) is 14.6. The fourth-order valence-electron chi connectivity index (χ4n) is 5.44. The van der Waals surface area contributed by atoms with Crippen molar-refractivity contribution in [2.24, 2.45) is 0 Å². The Morgan fingerprint density at radius 3 is 2.76 bits per heavy atom. The summed E-state index contributed by atoms with van der Waals surface area (Å²) >= 11 is 6.30. The molecule has 6 rings (SSSR count). The summed E-state index contributed by atoms with van der Waals surface area (Å²) in [5.74, 6) is -2.29. The first-order valence-corrected chi connectivity index (χ1v) is 11.9. The van der Waals surface area contributed by atoms with Crippen LogP contribution >= 0.6 is 11.6 Å². The molecule has 10 nitrogen and oxygen atoms in total. The molecule has 0 radical (unpaired) electrons. The average molecular weight is 515 g/mol. The van der Waals surface area contributed by atoms with Gasteiger partial charge in [0.1, 0.15) is 18.7 Å². The highest BCUT2D eigenvalue weighted by Gasteiger charge is 2.46. The molecule has 11 heteroatoms. The van der Waals surface area contributed by atoms with Gasteiger partial charge in [-0.3, -0.25) is 9.36 Å². The van der Waals surface area contributed by atoms with E-state index < -0.39 is 29.4 Å². The molecule has 2 unspecified atom stereocenters. The van der Waals surface area contributed by atoms with Gasteiger partial charge >= 0.3 is 5.97 Å². The van der Waals surface area contributed by atoms with E-state index in [9.17, 15) is 19.5 Å². The van der Waals surface area contributed by atoms with Gasteiger partial charge in [-0.15, -0.1) is 5.10 Å². The van der Waals surface area contributed by atoms with E-state index in [4.69, 9.17) is 11.6 Å². The first-order chi connectivity index (χ1) is 18.0. The highest BCUT2D eigenvalue weighted by molar-refractivity contribution is 6.31. The van der Waals surface area contributed by atoms with E-state index in [1.165, 1.54) is 21.6 Å². The average Bonchev–Trinajstić information content (AvgIpc) is 3.63. The van der Waals surface area contributed by atoms with Gasteiger partial charge in [-0.2, -0.15) is 4.68 Å². The topological polar surface area (TPSA) is 136 Å². The van der Waals surface area contributed by atoms with Crippen LogP contribution in [-0.2, 0) is 9.59 Å².